The molecule has 0 aliphatic rings. The molecule has 6 nitrogen and oxygen atoms in total. The number of ether oxygens (including phenoxy) is 1. The zero-order valence-corrected chi connectivity index (χ0v) is 12.5. The number of nitrogens with two attached hydrogens (primary N) is 2. The molecule has 1 heterocycles. The van der Waals surface area contributed by atoms with E-state index in [2.05, 4.69) is 4.98 Å². The van der Waals surface area contributed by atoms with Crippen LogP contribution in [0.4, 0.5) is 5.69 Å². The number of aryl methyl sites for hydroxylation is 1. The second-order valence-electron chi connectivity index (χ2n) is 4.20. The first kappa shape index (κ1) is 14.8. The molecule has 0 spiro atoms. The van der Waals surface area contributed by atoms with Gasteiger partial charge in [0.1, 0.15) is 10.6 Å². The minimum absolute atomic E-state index is 0.0824. The quantitative estimate of drug-likeness (QED) is 0.809. The van der Waals surface area contributed by atoms with Crippen LogP contribution in [-0.2, 0) is 16.4 Å². The molecule has 0 radical (unpaired) electrons. The second kappa shape index (κ2) is 5.78. The van der Waals surface area contributed by atoms with E-state index >= 15 is 0 Å². The molecule has 108 valence electrons. The third kappa shape index (κ3) is 3.47. The number of aromatic nitrogens is 1. The fourth-order valence-corrected chi connectivity index (χ4v) is 3.11. The number of benzene rings is 1. The van der Waals surface area contributed by atoms with E-state index in [1.165, 1.54) is 23.1 Å². The van der Waals surface area contributed by atoms with Crippen molar-refractivity contribution in [2.24, 2.45) is 5.14 Å². The number of nitrogens with zero attached hydrogens (tertiary/aromatic N) is 1. The first-order valence-corrected chi connectivity index (χ1v) is 8.24. The Balaban J connectivity index is 2.01. The maximum absolute atomic E-state index is 11.2. The van der Waals surface area contributed by atoms with Gasteiger partial charge >= 0.3 is 0 Å². The molecule has 1 aromatic heterocycles. The normalized spacial score (nSPS) is 11.5. The number of hydrogen-bond donors (Lipinski definition) is 2. The average Bonchev–Trinajstić information content (AvgIpc) is 2.73. The van der Waals surface area contributed by atoms with Crippen molar-refractivity contribution in [3.8, 4) is 5.75 Å². The summed E-state index contributed by atoms with van der Waals surface area (Å²) in [5.41, 5.74) is 8.53. The molecule has 0 saturated carbocycles. The first-order chi connectivity index (χ1) is 9.38. The van der Waals surface area contributed by atoms with E-state index in [1.807, 2.05) is 6.92 Å². The van der Waals surface area contributed by atoms with Gasteiger partial charge in [-0.05, 0) is 19.1 Å². The second-order valence-corrected chi connectivity index (χ2v) is 6.67. The minimum Gasteiger partial charge on any atom is -0.493 e. The molecule has 8 heteroatoms. The van der Waals surface area contributed by atoms with Crippen molar-refractivity contribution in [3.05, 3.63) is 34.3 Å². The summed E-state index contributed by atoms with van der Waals surface area (Å²) in [5.74, 6) is 0.511. The fourth-order valence-electron chi connectivity index (χ4n) is 1.70. The van der Waals surface area contributed by atoms with Crippen LogP contribution >= 0.6 is 11.3 Å². The third-order valence-corrected chi connectivity index (χ3v) is 4.71. The number of sulfonamides is 1. The Bertz CT molecular complexity index is 710. The monoisotopic (exact) mass is 313 g/mol. The summed E-state index contributed by atoms with van der Waals surface area (Å²) in [7, 11) is -3.80. The molecule has 0 aliphatic carbocycles. The Kier molecular flexibility index (Phi) is 4.26. The largest absolute Gasteiger partial charge is 0.493 e. The van der Waals surface area contributed by atoms with Crippen LogP contribution < -0.4 is 15.6 Å². The first-order valence-electron chi connectivity index (χ1n) is 5.82. The van der Waals surface area contributed by atoms with Crippen molar-refractivity contribution in [2.45, 2.75) is 18.2 Å². The topological polar surface area (TPSA) is 108 Å². The van der Waals surface area contributed by atoms with E-state index in [1.54, 1.807) is 16.8 Å². The molecule has 2 rings (SSSR count). The zero-order chi connectivity index (χ0) is 14.8. The summed E-state index contributed by atoms with van der Waals surface area (Å²) in [6.45, 7) is 2.42. The van der Waals surface area contributed by atoms with Crippen LogP contribution in [0.15, 0.2) is 28.6 Å². The maximum Gasteiger partial charge on any atom is 0.240 e. The van der Waals surface area contributed by atoms with Gasteiger partial charge in [-0.25, -0.2) is 18.5 Å². The molecule has 0 unspecified atom stereocenters. The summed E-state index contributed by atoms with van der Waals surface area (Å²) in [6.07, 6.45) is 0.743. The number of hydrogen-bond acceptors (Lipinski definition) is 6. The lowest BCUT2D eigenvalue weighted by atomic mass is 10.3. The molecule has 0 fully saturated rings. The van der Waals surface area contributed by atoms with Gasteiger partial charge < -0.3 is 10.5 Å². The highest BCUT2D eigenvalue weighted by Gasteiger charge is 2.12. The van der Waals surface area contributed by atoms with Crippen LogP contribution in [0, 0.1) is 6.92 Å². The van der Waals surface area contributed by atoms with Crippen LogP contribution in [0.25, 0.3) is 0 Å². The van der Waals surface area contributed by atoms with E-state index in [4.69, 9.17) is 15.6 Å². The molecule has 0 atom stereocenters. The SMILES string of the molecule is Cc1ncsc1CCOc1ccc(S(N)(=O)=O)c(N)c1. The van der Waals surface area contributed by atoms with Gasteiger partial charge in [0.2, 0.25) is 10.0 Å². The van der Waals surface area contributed by atoms with Crippen molar-refractivity contribution in [1.82, 2.24) is 4.98 Å². The van der Waals surface area contributed by atoms with Gasteiger partial charge in [-0.3, -0.25) is 0 Å². The summed E-state index contributed by atoms with van der Waals surface area (Å²) in [4.78, 5) is 5.23. The van der Waals surface area contributed by atoms with Crippen LogP contribution in [0.1, 0.15) is 10.6 Å². The van der Waals surface area contributed by atoms with Gasteiger partial charge in [0.05, 0.1) is 23.5 Å². The zero-order valence-electron chi connectivity index (χ0n) is 10.9. The Labute approximate surface area is 121 Å². The lowest BCUT2D eigenvalue weighted by Crippen LogP contribution is -2.14. The van der Waals surface area contributed by atoms with Crippen LogP contribution in [0.2, 0.25) is 0 Å². The van der Waals surface area contributed by atoms with Crippen molar-refractivity contribution >= 4 is 27.0 Å². The summed E-state index contributed by atoms with van der Waals surface area (Å²) in [5, 5.41) is 5.03. The minimum atomic E-state index is -3.80. The van der Waals surface area contributed by atoms with Crippen molar-refractivity contribution < 1.29 is 13.2 Å². The molecule has 0 amide bonds. The average molecular weight is 313 g/mol. The maximum atomic E-state index is 11.2. The van der Waals surface area contributed by atoms with Crippen LogP contribution in [0.3, 0.4) is 0 Å². The van der Waals surface area contributed by atoms with E-state index in [0.29, 0.717) is 12.4 Å². The van der Waals surface area contributed by atoms with Crippen molar-refractivity contribution in [1.29, 1.82) is 0 Å². The van der Waals surface area contributed by atoms with Gasteiger partial charge in [0.25, 0.3) is 0 Å². The van der Waals surface area contributed by atoms with Crippen molar-refractivity contribution in [3.63, 3.8) is 0 Å². The van der Waals surface area contributed by atoms with E-state index in [-0.39, 0.29) is 10.6 Å². The predicted molar refractivity (Wildman–Crippen MR) is 78.3 cm³/mol. The van der Waals surface area contributed by atoms with E-state index in [0.717, 1.165) is 12.1 Å². The Morgan fingerprint density at radius 2 is 2.15 bits per heavy atom. The molecule has 20 heavy (non-hydrogen) atoms. The Morgan fingerprint density at radius 3 is 2.70 bits per heavy atom. The number of nitrogen functional groups attached to an aromatic ring is 1. The van der Waals surface area contributed by atoms with Gasteiger partial charge in [-0.1, -0.05) is 0 Å². The van der Waals surface area contributed by atoms with Gasteiger partial charge in [-0.15, -0.1) is 11.3 Å². The lowest BCUT2D eigenvalue weighted by Gasteiger charge is -2.08. The number of rotatable bonds is 5. The molecule has 0 aliphatic heterocycles. The van der Waals surface area contributed by atoms with Gasteiger partial charge in [-0.2, -0.15) is 0 Å². The highest BCUT2D eigenvalue weighted by atomic mass is 32.2. The summed E-state index contributed by atoms with van der Waals surface area (Å²) < 4.78 is 28.0. The highest BCUT2D eigenvalue weighted by Crippen LogP contribution is 2.23. The lowest BCUT2D eigenvalue weighted by molar-refractivity contribution is 0.322. The fraction of sp³-hybridized carbons (Fsp3) is 0.250. The number of anilines is 1. The summed E-state index contributed by atoms with van der Waals surface area (Å²) in [6, 6.07) is 4.34. The van der Waals surface area contributed by atoms with Gasteiger partial charge in [0.15, 0.2) is 0 Å². The molecule has 4 N–H and O–H groups in total. The van der Waals surface area contributed by atoms with Crippen LogP contribution in [-0.4, -0.2) is 20.0 Å². The highest BCUT2D eigenvalue weighted by molar-refractivity contribution is 7.89. The van der Waals surface area contributed by atoms with Crippen LogP contribution in [0.5, 0.6) is 5.75 Å². The number of thiazole rings is 1. The molecule has 1 aromatic carbocycles. The molecular weight excluding hydrogens is 298 g/mol. The summed E-state index contributed by atoms with van der Waals surface area (Å²) >= 11 is 1.58. The Morgan fingerprint density at radius 1 is 1.40 bits per heavy atom. The third-order valence-electron chi connectivity index (χ3n) is 2.73. The smallest absolute Gasteiger partial charge is 0.240 e. The van der Waals surface area contributed by atoms with Gasteiger partial charge in [0, 0.05) is 17.4 Å². The van der Waals surface area contributed by atoms with E-state index < -0.39 is 10.0 Å². The van der Waals surface area contributed by atoms with Crippen molar-refractivity contribution in [2.75, 3.05) is 12.3 Å². The predicted octanol–water partition coefficient (Wildman–Crippen LogP) is 1.30. The van der Waals surface area contributed by atoms with E-state index in [9.17, 15) is 8.42 Å². The molecule has 0 bridgehead atoms. The molecular formula is C12H15N3O3S2. The molecule has 2 aromatic rings. The standard InChI is InChI=1S/C12H15N3O3S2/c1-8-11(19-7-15-8)4-5-18-9-2-3-12(10(13)6-9)20(14,16)17/h2-3,6-7H,4-5,13H2,1H3,(H2,14,16,17). The number of primary sulfonamides is 1. The molecule has 0 saturated heterocycles. The Hall–Kier alpha value is -1.64.